The third-order valence-corrected chi connectivity index (χ3v) is 21.8. The van der Waals surface area contributed by atoms with Gasteiger partial charge in [0.05, 0.1) is 46.2 Å². The Kier molecular flexibility index (Phi) is 28.5. The molecule has 0 amide bonds. The molecule has 4 aromatic heterocycles. The van der Waals surface area contributed by atoms with Gasteiger partial charge in [0.2, 0.25) is 0 Å². The van der Waals surface area contributed by atoms with E-state index in [2.05, 4.69) is 460 Å². The Morgan fingerprint density at radius 2 is 0.512 bits per heavy atom. The Morgan fingerprint density at radius 1 is 0.273 bits per heavy atom. The molecule has 16 rings (SSSR count). The van der Waals surface area contributed by atoms with Gasteiger partial charge in [0.15, 0.2) is 0 Å². The molecule has 0 saturated carbocycles. The zero-order valence-corrected chi connectivity index (χ0v) is 72.7. The molecule has 0 unspecified atom stereocenters. The monoisotopic (exact) mass is 1600 g/mol. The number of aryl methyl sites for hydroxylation is 8. The minimum atomic E-state index is -0.00665. The Labute approximate surface area is 714 Å². The summed E-state index contributed by atoms with van der Waals surface area (Å²) in [6.45, 7) is 36.3. The lowest BCUT2D eigenvalue weighted by Crippen LogP contribution is -2.39. The summed E-state index contributed by atoms with van der Waals surface area (Å²) in [4.78, 5) is 35.6. The van der Waals surface area contributed by atoms with Crippen molar-refractivity contribution in [3.63, 3.8) is 0 Å². The van der Waals surface area contributed by atoms with Crippen LogP contribution in [0.15, 0.2) is 292 Å². The first-order chi connectivity index (χ1) is 58.5. The lowest BCUT2D eigenvalue weighted by Gasteiger charge is -2.29. The molecule has 4 atom stereocenters. The molecule has 121 heavy (non-hydrogen) atoms. The first kappa shape index (κ1) is 85.9. The van der Waals surface area contributed by atoms with E-state index >= 15 is 0 Å². The van der Waals surface area contributed by atoms with E-state index < -0.39 is 0 Å². The predicted molar refractivity (Wildman–Crippen MR) is 506 cm³/mol. The molecule has 16 aromatic rings. The van der Waals surface area contributed by atoms with Crippen molar-refractivity contribution in [2.24, 2.45) is 5.92 Å². The summed E-state index contributed by atoms with van der Waals surface area (Å²) in [6.07, 6.45) is 6.47. The summed E-state index contributed by atoms with van der Waals surface area (Å²) >= 11 is 0. The van der Waals surface area contributed by atoms with Crippen LogP contribution in [0.2, 0.25) is 0 Å². The summed E-state index contributed by atoms with van der Waals surface area (Å²) in [5, 5.41) is 32.7. The van der Waals surface area contributed by atoms with Gasteiger partial charge in [-0.2, -0.15) is 0 Å². The van der Waals surface area contributed by atoms with E-state index in [0.29, 0.717) is 12.0 Å². The number of nitrogens with zero attached hydrogens (tertiary/aromatic N) is 8. The van der Waals surface area contributed by atoms with E-state index in [1.54, 1.807) is 25.3 Å². The van der Waals surface area contributed by atoms with Crippen LogP contribution in [-0.2, 0) is 0 Å². The van der Waals surface area contributed by atoms with Gasteiger partial charge in [-0.15, -0.1) is 0 Å². The molecule has 0 bridgehead atoms. The fourth-order valence-corrected chi connectivity index (χ4v) is 14.8. The maximum Gasteiger partial charge on any atom is 0.141 e. The first-order valence-corrected chi connectivity index (χ1v) is 42.0. The molecule has 4 heterocycles. The SMILES string of the molecule is CCN[C@H](c1ccccc1)c1ccc(Nc2ncnc3cc(C)c(C)cc23)cc1.Cc1cc2ncnc(Nc3ccc([C@@H](NC(C)(C)C)c4ccccc4)cc3)c2cc1C.Cc1cc2ncnc(Nc3ccc([C@@H](NC(C)C)c4ccccc4)cc3)c2cc1C.Cc1cc2ncnc(Nc3ccc([C@@H](NCC(C)C)c4ccccc4)cc3)c2cc1C. The van der Waals surface area contributed by atoms with Crippen LogP contribution < -0.4 is 42.5 Å². The first-order valence-electron chi connectivity index (χ1n) is 42.0. The maximum absolute atomic E-state index is 4.49. The third kappa shape index (κ3) is 22.7. The Balaban J connectivity index is 0.000000139. The summed E-state index contributed by atoms with van der Waals surface area (Å²) in [5.74, 6) is 3.91. The minimum Gasteiger partial charge on any atom is -0.340 e. The molecule has 0 fully saturated rings. The molecule has 12 aromatic carbocycles. The largest absolute Gasteiger partial charge is 0.340 e. The van der Waals surface area contributed by atoms with Gasteiger partial charge >= 0.3 is 0 Å². The highest BCUT2D eigenvalue weighted by Gasteiger charge is 2.23. The van der Waals surface area contributed by atoms with E-state index in [1.807, 2.05) is 0 Å². The normalized spacial score (nSPS) is 12.3. The molecule has 16 heteroatoms. The minimum absolute atomic E-state index is 0.00665. The molecule has 8 N–H and O–H groups in total. The summed E-state index contributed by atoms with van der Waals surface area (Å²) in [7, 11) is 0. The van der Waals surface area contributed by atoms with Crippen molar-refractivity contribution in [3.8, 4) is 0 Å². The van der Waals surface area contributed by atoms with Crippen LogP contribution in [0.1, 0.15) is 169 Å². The second kappa shape index (κ2) is 40.2. The van der Waals surface area contributed by atoms with Crippen molar-refractivity contribution < 1.29 is 0 Å². The van der Waals surface area contributed by atoms with E-state index in [0.717, 1.165) is 103 Å². The topological polar surface area (TPSA) is 199 Å². The van der Waals surface area contributed by atoms with Crippen LogP contribution in [0, 0.1) is 61.3 Å². The number of aromatic nitrogens is 8. The fourth-order valence-electron chi connectivity index (χ4n) is 14.8. The molecule has 0 spiro atoms. The molecule has 0 aliphatic rings. The zero-order chi connectivity index (χ0) is 85.1. The summed E-state index contributed by atoms with van der Waals surface area (Å²) in [6, 6.07) is 94.7. The predicted octanol–water partition coefficient (Wildman–Crippen LogP) is 24.6. The van der Waals surface area contributed by atoms with Crippen molar-refractivity contribution in [3.05, 3.63) is 381 Å². The van der Waals surface area contributed by atoms with Crippen molar-refractivity contribution in [2.75, 3.05) is 34.4 Å². The molecule has 0 aliphatic carbocycles. The van der Waals surface area contributed by atoms with Gasteiger partial charge in [-0.3, -0.25) is 0 Å². The molecular weight excluding hydrogens is 1490 g/mol. The van der Waals surface area contributed by atoms with Gasteiger partial charge in [0.25, 0.3) is 0 Å². The van der Waals surface area contributed by atoms with Crippen LogP contribution in [0.3, 0.4) is 0 Å². The van der Waals surface area contributed by atoms with Gasteiger partial charge in [-0.05, 0) is 295 Å². The highest BCUT2D eigenvalue weighted by atomic mass is 15.1. The number of benzene rings is 12. The Bertz CT molecular complexity index is 6060. The summed E-state index contributed by atoms with van der Waals surface area (Å²) in [5.41, 5.74) is 27.8. The number of anilines is 8. The van der Waals surface area contributed by atoms with Gasteiger partial charge in [0.1, 0.15) is 48.6 Å². The summed E-state index contributed by atoms with van der Waals surface area (Å²) < 4.78 is 0. The molecule has 614 valence electrons. The standard InChI is InChI=1S/2C27H30N4.C26H28N4.C25H26N4/c1-18-15-23-24(16-19(18)2)28-17-29-26(23)30-22-13-11-21(12-14-22)25(31-27(3,4)5)20-9-7-6-8-10-20;1-18(2)16-28-26(21-8-6-5-7-9-21)22-10-12-23(13-11-22)31-27-24-14-19(3)20(4)15-25(24)29-17-30-27;1-17(2)29-25(20-8-6-5-7-9-20)21-10-12-22(13-11-21)30-26-23-14-18(3)19(4)15-24(23)27-16-28-26;1-4-26-24(19-8-6-5-7-9-19)20-10-12-21(13-11-20)29-25-22-14-17(2)18(3)15-23(22)27-16-28-25/h6-17,25,31H,1-5H3,(H,28,29,30);5-15,17-18,26,28H,16H2,1-4H3,(H,29,30,31);5-17,25,29H,1-4H3,(H,27,28,30);5-16,24,26H,4H2,1-3H3,(H,27,28,29)/t25-;26-;25-;24-/m0001/s1. The average molecular weight is 1600 g/mol. The molecule has 16 nitrogen and oxygen atoms in total. The van der Waals surface area contributed by atoms with Gasteiger partial charge in [-0.1, -0.05) is 191 Å². The smallest absolute Gasteiger partial charge is 0.141 e. The van der Waals surface area contributed by atoms with Crippen molar-refractivity contribution >= 4 is 89.6 Å². The van der Waals surface area contributed by atoms with Crippen LogP contribution in [0.4, 0.5) is 46.0 Å². The molecule has 0 radical (unpaired) electrons. The van der Waals surface area contributed by atoms with E-state index in [1.165, 1.54) is 89.0 Å². The molecular formula is C105H114N16. The maximum atomic E-state index is 4.49. The third-order valence-electron chi connectivity index (χ3n) is 21.8. The van der Waals surface area contributed by atoms with Crippen molar-refractivity contribution in [1.29, 1.82) is 0 Å². The lowest BCUT2D eigenvalue weighted by molar-refractivity contribution is 0.391. The van der Waals surface area contributed by atoms with Crippen LogP contribution in [0.5, 0.6) is 0 Å². The van der Waals surface area contributed by atoms with Gasteiger partial charge in [-0.25, -0.2) is 39.9 Å². The van der Waals surface area contributed by atoms with E-state index in [9.17, 15) is 0 Å². The second-order valence-electron chi connectivity index (χ2n) is 33.1. The Hall–Kier alpha value is -13.0. The highest BCUT2D eigenvalue weighted by molar-refractivity contribution is 5.95. The molecule has 0 saturated heterocycles. The highest BCUT2D eigenvalue weighted by Crippen LogP contribution is 2.35. The van der Waals surface area contributed by atoms with Crippen LogP contribution in [-0.4, -0.2) is 64.5 Å². The quantitative estimate of drug-likeness (QED) is 0.0284. The van der Waals surface area contributed by atoms with Crippen LogP contribution >= 0.6 is 0 Å². The van der Waals surface area contributed by atoms with E-state index in [-0.39, 0.29) is 29.7 Å². The number of hydrogen-bond acceptors (Lipinski definition) is 16. The second-order valence-corrected chi connectivity index (χ2v) is 33.1. The van der Waals surface area contributed by atoms with Crippen molar-refractivity contribution in [1.82, 2.24) is 61.1 Å². The zero-order valence-electron chi connectivity index (χ0n) is 72.7. The van der Waals surface area contributed by atoms with Gasteiger partial charge in [0, 0.05) is 55.9 Å². The number of nitrogens with one attached hydrogen (secondary N) is 8. The van der Waals surface area contributed by atoms with Gasteiger partial charge < -0.3 is 42.5 Å². The Morgan fingerprint density at radius 3 is 0.777 bits per heavy atom. The van der Waals surface area contributed by atoms with Crippen LogP contribution in [0.25, 0.3) is 43.6 Å². The lowest BCUT2D eigenvalue weighted by atomic mass is 9.95. The fraction of sp³-hybridized carbons (Fsp3) is 0.238. The number of fused-ring (bicyclic) bond motifs is 4. The average Bonchev–Trinajstić information content (AvgIpc) is 0.823. The molecule has 0 aliphatic heterocycles. The van der Waals surface area contributed by atoms with E-state index in [4.69, 9.17) is 0 Å². The number of rotatable bonds is 24. The number of hydrogen-bond donors (Lipinski definition) is 8. The van der Waals surface area contributed by atoms with Crippen molar-refractivity contribution in [2.45, 2.75) is 147 Å².